The minimum Gasteiger partial charge on any atom is -0.377 e. The molecular weight excluding hydrogens is 348 g/mol. The zero-order valence-corrected chi connectivity index (χ0v) is 15.4. The lowest BCUT2D eigenvalue weighted by molar-refractivity contribution is 0.0560. The Hall–Kier alpha value is -2.30. The van der Waals surface area contributed by atoms with Crippen LogP contribution < -0.4 is 0 Å². The number of ether oxygens (including phenoxy) is 1. The summed E-state index contributed by atoms with van der Waals surface area (Å²) in [6.07, 6.45) is 0.892. The van der Waals surface area contributed by atoms with Gasteiger partial charge in [0.2, 0.25) is 0 Å². The van der Waals surface area contributed by atoms with E-state index < -0.39 is 0 Å². The quantitative estimate of drug-likeness (QED) is 0.710. The molecule has 1 unspecified atom stereocenters. The molecular formula is C21H21ClN2O2. The predicted octanol–water partition coefficient (Wildman–Crippen LogP) is 4.74. The lowest BCUT2D eigenvalue weighted by Gasteiger charge is -2.22. The van der Waals surface area contributed by atoms with Crippen molar-refractivity contribution in [3.8, 4) is 11.1 Å². The molecule has 2 heterocycles. The smallest absolute Gasteiger partial charge is 0.271 e. The fourth-order valence-electron chi connectivity index (χ4n) is 3.57. The largest absolute Gasteiger partial charge is 0.377 e. The first-order valence-electron chi connectivity index (χ1n) is 8.91. The van der Waals surface area contributed by atoms with Crippen LogP contribution in [0.15, 0.2) is 48.5 Å². The summed E-state index contributed by atoms with van der Waals surface area (Å²) in [6.45, 7) is 4.00. The van der Waals surface area contributed by atoms with Crippen molar-refractivity contribution in [3.05, 3.63) is 59.2 Å². The molecule has 0 aliphatic carbocycles. The molecule has 4 nitrogen and oxygen atoms in total. The number of rotatable bonds is 2. The number of H-pyrrole nitrogens is 1. The van der Waals surface area contributed by atoms with Crippen molar-refractivity contribution >= 4 is 28.4 Å². The van der Waals surface area contributed by atoms with Crippen LogP contribution in [0.25, 0.3) is 22.0 Å². The maximum atomic E-state index is 13.4. The van der Waals surface area contributed by atoms with Crippen LogP contribution in [0.5, 0.6) is 0 Å². The van der Waals surface area contributed by atoms with E-state index in [0.29, 0.717) is 30.4 Å². The van der Waals surface area contributed by atoms with E-state index in [9.17, 15) is 4.79 Å². The van der Waals surface area contributed by atoms with Crippen molar-refractivity contribution in [2.24, 2.45) is 0 Å². The number of hydrogen-bond acceptors (Lipinski definition) is 2. The van der Waals surface area contributed by atoms with E-state index in [0.717, 1.165) is 28.5 Å². The molecule has 0 radical (unpaired) electrons. The van der Waals surface area contributed by atoms with Gasteiger partial charge in [0, 0.05) is 41.2 Å². The third-order valence-corrected chi connectivity index (χ3v) is 5.01. The summed E-state index contributed by atoms with van der Waals surface area (Å²) in [7, 11) is 0. The third-order valence-electron chi connectivity index (χ3n) is 4.78. The Balaban J connectivity index is 1.85. The first-order valence-corrected chi connectivity index (χ1v) is 9.29. The Kier molecular flexibility index (Phi) is 4.70. The van der Waals surface area contributed by atoms with Gasteiger partial charge >= 0.3 is 0 Å². The average Bonchev–Trinajstić information content (AvgIpc) is 2.88. The van der Waals surface area contributed by atoms with Crippen molar-refractivity contribution in [1.29, 1.82) is 0 Å². The van der Waals surface area contributed by atoms with Gasteiger partial charge in [-0.2, -0.15) is 0 Å². The van der Waals surface area contributed by atoms with Crippen LogP contribution in [0.2, 0.25) is 5.02 Å². The van der Waals surface area contributed by atoms with Crippen LogP contribution in [0.3, 0.4) is 0 Å². The number of nitrogens with zero attached hydrogens (tertiary/aromatic N) is 1. The Bertz CT molecular complexity index is 936. The van der Waals surface area contributed by atoms with Gasteiger partial charge in [-0.25, -0.2) is 0 Å². The highest BCUT2D eigenvalue weighted by atomic mass is 35.5. The Morgan fingerprint density at radius 2 is 2.04 bits per heavy atom. The van der Waals surface area contributed by atoms with Crippen molar-refractivity contribution in [2.45, 2.75) is 19.4 Å². The van der Waals surface area contributed by atoms with Crippen LogP contribution in [0, 0.1) is 0 Å². The van der Waals surface area contributed by atoms with Gasteiger partial charge in [-0.3, -0.25) is 4.79 Å². The number of fused-ring (bicyclic) bond motifs is 1. The van der Waals surface area contributed by atoms with E-state index in [1.807, 2.05) is 60.4 Å². The topological polar surface area (TPSA) is 45.3 Å². The van der Waals surface area contributed by atoms with Crippen molar-refractivity contribution in [3.63, 3.8) is 0 Å². The van der Waals surface area contributed by atoms with Crippen LogP contribution in [-0.4, -0.2) is 41.6 Å². The first kappa shape index (κ1) is 17.1. The summed E-state index contributed by atoms with van der Waals surface area (Å²) in [6, 6.07) is 15.7. The van der Waals surface area contributed by atoms with Gasteiger partial charge < -0.3 is 14.6 Å². The molecule has 1 fully saturated rings. The zero-order chi connectivity index (χ0) is 18.1. The minimum absolute atomic E-state index is 0.00789. The Morgan fingerprint density at radius 3 is 2.85 bits per heavy atom. The van der Waals surface area contributed by atoms with Gasteiger partial charge in [-0.1, -0.05) is 41.9 Å². The van der Waals surface area contributed by atoms with Gasteiger partial charge in [-0.05, 0) is 37.1 Å². The van der Waals surface area contributed by atoms with E-state index in [1.165, 1.54) is 0 Å². The van der Waals surface area contributed by atoms with E-state index in [4.69, 9.17) is 16.3 Å². The molecule has 4 rings (SSSR count). The number of carbonyl (C=O) groups excluding carboxylic acids is 1. The molecule has 2 aromatic carbocycles. The van der Waals surface area contributed by atoms with E-state index in [1.54, 1.807) is 0 Å². The Morgan fingerprint density at radius 1 is 1.23 bits per heavy atom. The van der Waals surface area contributed by atoms with E-state index in [2.05, 4.69) is 4.98 Å². The second kappa shape index (κ2) is 7.14. The second-order valence-corrected chi connectivity index (χ2v) is 7.15. The first-order chi connectivity index (χ1) is 12.6. The molecule has 1 atom stereocenters. The molecule has 1 aliphatic heterocycles. The van der Waals surface area contributed by atoms with Gasteiger partial charge in [0.05, 0.1) is 6.10 Å². The molecule has 134 valence electrons. The van der Waals surface area contributed by atoms with E-state index >= 15 is 0 Å². The normalized spacial score (nSPS) is 18.1. The van der Waals surface area contributed by atoms with Crippen molar-refractivity contribution < 1.29 is 9.53 Å². The maximum Gasteiger partial charge on any atom is 0.271 e. The molecule has 1 aromatic heterocycles. The molecule has 26 heavy (non-hydrogen) atoms. The zero-order valence-electron chi connectivity index (χ0n) is 14.7. The molecule has 0 saturated carbocycles. The summed E-state index contributed by atoms with van der Waals surface area (Å²) >= 11 is 6.23. The average molecular weight is 369 g/mol. The lowest BCUT2D eigenvalue weighted by Crippen LogP contribution is -2.36. The molecule has 3 aromatic rings. The summed E-state index contributed by atoms with van der Waals surface area (Å²) in [5, 5.41) is 1.62. The highest BCUT2D eigenvalue weighted by Crippen LogP contribution is 2.34. The van der Waals surface area contributed by atoms with Crippen LogP contribution in [0.4, 0.5) is 0 Å². The molecule has 1 saturated heterocycles. The predicted molar refractivity (Wildman–Crippen MR) is 105 cm³/mol. The standard InChI is InChI=1S/C21H21ClN2O2/c1-14-13-24(10-5-11-26-14)21(25)20-19(15-6-3-2-4-7-15)17-12-16(22)8-9-18(17)23-20/h2-4,6-9,12,14,23H,5,10-11,13H2,1H3. The molecule has 0 spiro atoms. The van der Waals surface area contributed by atoms with Gasteiger partial charge in [0.15, 0.2) is 0 Å². The summed E-state index contributed by atoms with van der Waals surface area (Å²) in [4.78, 5) is 18.6. The highest BCUT2D eigenvalue weighted by Gasteiger charge is 2.26. The lowest BCUT2D eigenvalue weighted by atomic mass is 10.0. The molecule has 5 heteroatoms. The summed E-state index contributed by atoms with van der Waals surface area (Å²) < 4.78 is 5.69. The number of aromatic nitrogens is 1. The molecule has 1 aliphatic rings. The molecule has 0 bridgehead atoms. The fraction of sp³-hybridized carbons (Fsp3) is 0.286. The number of halogens is 1. The SMILES string of the molecule is CC1CN(C(=O)c2[nH]c3ccc(Cl)cc3c2-c2ccccc2)CCCO1. The number of benzene rings is 2. The number of hydrogen-bond donors (Lipinski definition) is 1. The third kappa shape index (κ3) is 3.22. The Labute approximate surface area is 157 Å². The van der Waals surface area contributed by atoms with E-state index in [-0.39, 0.29) is 12.0 Å². The molecule has 1 amide bonds. The summed E-state index contributed by atoms with van der Waals surface area (Å²) in [5.41, 5.74) is 3.44. The minimum atomic E-state index is 0.00789. The van der Waals surface area contributed by atoms with Gasteiger partial charge in [-0.15, -0.1) is 0 Å². The highest BCUT2D eigenvalue weighted by molar-refractivity contribution is 6.31. The fourth-order valence-corrected chi connectivity index (χ4v) is 3.74. The monoisotopic (exact) mass is 368 g/mol. The number of aromatic amines is 1. The maximum absolute atomic E-state index is 13.4. The van der Waals surface area contributed by atoms with Crippen molar-refractivity contribution in [2.75, 3.05) is 19.7 Å². The van der Waals surface area contributed by atoms with Gasteiger partial charge in [0.1, 0.15) is 5.69 Å². The molecule has 1 N–H and O–H groups in total. The van der Waals surface area contributed by atoms with Crippen molar-refractivity contribution in [1.82, 2.24) is 9.88 Å². The number of amides is 1. The van der Waals surface area contributed by atoms with Gasteiger partial charge in [0.25, 0.3) is 5.91 Å². The van der Waals surface area contributed by atoms with Crippen LogP contribution in [0.1, 0.15) is 23.8 Å². The number of carbonyl (C=O) groups is 1. The summed E-state index contributed by atoms with van der Waals surface area (Å²) in [5.74, 6) is 0.00789. The second-order valence-electron chi connectivity index (χ2n) is 6.72. The van der Waals surface area contributed by atoms with Crippen LogP contribution in [-0.2, 0) is 4.74 Å². The number of nitrogens with one attached hydrogen (secondary N) is 1. The van der Waals surface area contributed by atoms with Crippen LogP contribution >= 0.6 is 11.6 Å².